The molecule has 4 aromatic rings. The predicted molar refractivity (Wildman–Crippen MR) is 123 cm³/mol. The second-order valence-corrected chi connectivity index (χ2v) is 8.60. The number of nitrogens with one attached hydrogen (secondary N) is 2. The molecule has 31 heavy (non-hydrogen) atoms. The molecule has 1 spiro atoms. The average molecular weight is 406 g/mol. The van der Waals surface area contributed by atoms with Gasteiger partial charge in [-0.15, -0.1) is 0 Å². The number of benzene rings is 2. The maximum atomic E-state index is 12.8. The van der Waals surface area contributed by atoms with Crippen LogP contribution in [0, 0.1) is 13.8 Å². The highest BCUT2D eigenvalue weighted by Crippen LogP contribution is 2.64. The van der Waals surface area contributed by atoms with Crippen molar-refractivity contribution in [2.24, 2.45) is 0 Å². The van der Waals surface area contributed by atoms with Gasteiger partial charge in [-0.25, -0.2) is 0 Å². The third-order valence-corrected chi connectivity index (χ3v) is 6.73. The number of rotatable bonds is 3. The van der Waals surface area contributed by atoms with Crippen LogP contribution in [0.25, 0.3) is 23.1 Å². The number of pyridine rings is 1. The second kappa shape index (κ2) is 6.38. The Morgan fingerprint density at radius 1 is 1.06 bits per heavy atom. The molecule has 2 aliphatic rings. The Balaban J connectivity index is 1.31. The second-order valence-electron chi connectivity index (χ2n) is 8.60. The topological polar surface area (TPSA) is 70.7 Å². The molecule has 0 saturated heterocycles. The Morgan fingerprint density at radius 3 is 2.81 bits per heavy atom. The summed E-state index contributed by atoms with van der Waals surface area (Å²) in [4.78, 5) is 17.3. The highest BCUT2D eigenvalue weighted by atomic mass is 16.2. The van der Waals surface area contributed by atoms with Crippen molar-refractivity contribution >= 4 is 34.6 Å². The number of aromatic amines is 1. The molecule has 2 aromatic heterocycles. The van der Waals surface area contributed by atoms with Gasteiger partial charge >= 0.3 is 0 Å². The van der Waals surface area contributed by atoms with Crippen molar-refractivity contribution in [2.45, 2.75) is 31.6 Å². The maximum Gasteiger partial charge on any atom is 0.235 e. The van der Waals surface area contributed by atoms with E-state index in [9.17, 15) is 4.79 Å². The first-order valence-corrected chi connectivity index (χ1v) is 10.6. The van der Waals surface area contributed by atoms with E-state index in [0.29, 0.717) is 0 Å². The lowest BCUT2D eigenvalue weighted by molar-refractivity contribution is -0.118. The fourth-order valence-electron chi connectivity index (χ4n) is 5.00. The van der Waals surface area contributed by atoms with Gasteiger partial charge in [0.15, 0.2) is 0 Å². The van der Waals surface area contributed by atoms with Gasteiger partial charge in [-0.05, 0) is 61.2 Å². The minimum atomic E-state index is -0.414. The van der Waals surface area contributed by atoms with Gasteiger partial charge in [0.2, 0.25) is 5.91 Å². The number of nitrogens with zero attached hydrogens (tertiary/aromatic N) is 2. The summed E-state index contributed by atoms with van der Waals surface area (Å²) >= 11 is 0. The number of aryl methyl sites for hydroxylation is 2. The molecule has 5 heteroatoms. The lowest BCUT2D eigenvalue weighted by Gasteiger charge is -2.08. The zero-order valence-electron chi connectivity index (χ0n) is 17.4. The largest absolute Gasteiger partial charge is 0.325 e. The fraction of sp³-hybridized carbons (Fsp3) is 0.192. The molecule has 3 heterocycles. The Kier molecular flexibility index (Phi) is 3.72. The van der Waals surface area contributed by atoms with Gasteiger partial charge in [-0.3, -0.25) is 14.9 Å². The van der Waals surface area contributed by atoms with Crippen LogP contribution in [0.2, 0.25) is 0 Å². The standard InChI is InChI=1S/C26H22N4O/c1-15-7-8-17(16(2)27-15)10-12-22-19-11-9-18(13-24(19)30-29-22)21-14-26(21)20-5-3-4-6-23(20)28-25(26)31/h3-13,21H,14H2,1-2H3,(H,28,31)(H,29,30)/b12-10+. The molecule has 2 unspecified atom stereocenters. The molecular formula is C26H22N4O. The van der Waals surface area contributed by atoms with E-state index in [1.54, 1.807) is 0 Å². The molecule has 1 amide bonds. The van der Waals surface area contributed by atoms with Crippen LogP contribution in [0.3, 0.4) is 0 Å². The number of H-pyrrole nitrogens is 1. The Morgan fingerprint density at radius 2 is 1.94 bits per heavy atom. The number of carbonyl (C=O) groups excluding carboxylic acids is 1. The van der Waals surface area contributed by atoms with Crippen LogP contribution in [0.15, 0.2) is 54.6 Å². The average Bonchev–Trinajstić information content (AvgIpc) is 3.30. The Bertz CT molecular complexity index is 1400. The van der Waals surface area contributed by atoms with Gasteiger partial charge in [0.1, 0.15) is 0 Å². The van der Waals surface area contributed by atoms with Crippen LogP contribution < -0.4 is 5.32 Å². The van der Waals surface area contributed by atoms with E-state index in [2.05, 4.69) is 56.9 Å². The van der Waals surface area contributed by atoms with Gasteiger partial charge in [-0.1, -0.05) is 42.5 Å². The molecule has 2 aromatic carbocycles. The predicted octanol–water partition coefficient (Wildman–Crippen LogP) is 5.12. The smallest absolute Gasteiger partial charge is 0.235 e. The van der Waals surface area contributed by atoms with E-state index < -0.39 is 5.41 Å². The van der Waals surface area contributed by atoms with E-state index >= 15 is 0 Å². The summed E-state index contributed by atoms with van der Waals surface area (Å²) < 4.78 is 0. The first-order chi connectivity index (χ1) is 15.1. The van der Waals surface area contributed by atoms with Gasteiger partial charge in [0.25, 0.3) is 0 Å². The lowest BCUT2D eigenvalue weighted by atomic mass is 9.92. The molecule has 1 aliphatic heterocycles. The summed E-state index contributed by atoms with van der Waals surface area (Å²) in [6.45, 7) is 4.02. The summed E-state index contributed by atoms with van der Waals surface area (Å²) in [6, 6.07) is 18.5. The highest BCUT2D eigenvalue weighted by Gasteiger charge is 2.65. The number of amides is 1. The third-order valence-electron chi connectivity index (χ3n) is 6.73. The summed E-state index contributed by atoms with van der Waals surface area (Å²) in [5.74, 6) is 0.318. The lowest BCUT2D eigenvalue weighted by Crippen LogP contribution is -2.20. The van der Waals surface area contributed by atoms with E-state index in [4.69, 9.17) is 0 Å². The normalized spacial score (nSPS) is 21.7. The summed E-state index contributed by atoms with van der Waals surface area (Å²) in [7, 11) is 0. The molecule has 2 atom stereocenters. The minimum absolute atomic E-state index is 0.120. The monoisotopic (exact) mass is 406 g/mol. The van der Waals surface area contributed by atoms with Gasteiger partial charge in [-0.2, -0.15) is 5.10 Å². The van der Waals surface area contributed by atoms with E-state index in [1.165, 1.54) is 5.56 Å². The number of hydrogen-bond donors (Lipinski definition) is 2. The molecule has 1 fully saturated rings. The van der Waals surface area contributed by atoms with Crippen LogP contribution >= 0.6 is 0 Å². The van der Waals surface area contributed by atoms with Crippen molar-refractivity contribution in [1.29, 1.82) is 0 Å². The van der Waals surface area contributed by atoms with Crippen LogP contribution in [-0.4, -0.2) is 21.1 Å². The first kappa shape index (κ1) is 18.1. The number of anilines is 1. The van der Waals surface area contributed by atoms with Crippen LogP contribution in [-0.2, 0) is 10.2 Å². The van der Waals surface area contributed by atoms with Crippen molar-refractivity contribution in [3.05, 3.63) is 88.4 Å². The van der Waals surface area contributed by atoms with Crippen molar-refractivity contribution in [1.82, 2.24) is 15.2 Å². The molecule has 0 bridgehead atoms. The quantitative estimate of drug-likeness (QED) is 0.496. The molecule has 6 rings (SSSR count). The first-order valence-electron chi connectivity index (χ1n) is 10.6. The number of fused-ring (bicyclic) bond motifs is 3. The van der Waals surface area contributed by atoms with Crippen LogP contribution in [0.4, 0.5) is 5.69 Å². The van der Waals surface area contributed by atoms with Gasteiger partial charge in [0.05, 0.1) is 16.6 Å². The molecule has 5 nitrogen and oxygen atoms in total. The highest BCUT2D eigenvalue weighted by molar-refractivity contribution is 6.09. The van der Waals surface area contributed by atoms with E-state index in [0.717, 1.165) is 51.2 Å². The molecule has 0 radical (unpaired) electrons. The van der Waals surface area contributed by atoms with Crippen LogP contribution in [0.1, 0.15) is 46.1 Å². The van der Waals surface area contributed by atoms with Gasteiger partial charge < -0.3 is 5.32 Å². The Hall–Kier alpha value is -3.73. The van der Waals surface area contributed by atoms with Crippen molar-refractivity contribution in [2.75, 3.05) is 5.32 Å². The van der Waals surface area contributed by atoms with Gasteiger partial charge in [0, 0.05) is 28.4 Å². The number of hydrogen-bond acceptors (Lipinski definition) is 3. The summed E-state index contributed by atoms with van der Waals surface area (Å²) in [5, 5.41) is 11.8. The number of aromatic nitrogens is 3. The van der Waals surface area contributed by atoms with Crippen LogP contribution in [0.5, 0.6) is 0 Å². The minimum Gasteiger partial charge on any atom is -0.325 e. The van der Waals surface area contributed by atoms with Crippen molar-refractivity contribution in [3.8, 4) is 0 Å². The molecule has 2 N–H and O–H groups in total. The fourth-order valence-corrected chi connectivity index (χ4v) is 5.00. The number of para-hydroxylation sites is 1. The summed E-state index contributed by atoms with van der Waals surface area (Å²) in [5.41, 5.74) is 7.84. The zero-order valence-corrected chi connectivity index (χ0v) is 17.4. The van der Waals surface area contributed by atoms with Crippen molar-refractivity contribution < 1.29 is 4.79 Å². The molecular weight excluding hydrogens is 384 g/mol. The number of carbonyl (C=O) groups is 1. The summed E-state index contributed by atoms with van der Waals surface area (Å²) in [6.07, 6.45) is 4.93. The van der Waals surface area contributed by atoms with Crippen molar-refractivity contribution in [3.63, 3.8) is 0 Å². The molecule has 1 aliphatic carbocycles. The Labute approximate surface area is 180 Å². The van der Waals surface area contributed by atoms with E-state index in [1.807, 2.05) is 44.2 Å². The SMILES string of the molecule is Cc1ccc(/C=C/c2n[nH]c3cc(C4CC45C(=O)Nc4ccccc45)ccc23)c(C)n1. The molecule has 1 saturated carbocycles. The van der Waals surface area contributed by atoms with E-state index in [-0.39, 0.29) is 11.8 Å². The maximum absolute atomic E-state index is 12.8. The third kappa shape index (κ3) is 2.66. The molecule has 152 valence electrons. The zero-order chi connectivity index (χ0) is 21.2.